The van der Waals surface area contributed by atoms with Crippen LogP contribution in [0.4, 0.5) is 5.69 Å². The minimum Gasteiger partial charge on any atom is -0.325 e. The van der Waals surface area contributed by atoms with Crippen LogP contribution in [0.5, 0.6) is 0 Å². The molecule has 2 N–H and O–H groups in total. The van der Waals surface area contributed by atoms with Gasteiger partial charge in [-0.3, -0.25) is 4.79 Å². The predicted molar refractivity (Wildman–Crippen MR) is 82.9 cm³/mol. The van der Waals surface area contributed by atoms with Crippen LogP contribution in [0.2, 0.25) is 0 Å². The number of benzene rings is 1. The first-order valence-corrected chi connectivity index (χ1v) is 7.39. The number of likely N-dealkylation sites (tertiary alicyclic amines) is 1. The molecule has 1 aromatic carbocycles. The zero-order valence-corrected chi connectivity index (χ0v) is 12.5. The lowest BCUT2D eigenvalue weighted by Gasteiger charge is -2.29. The van der Waals surface area contributed by atoms with Gasteiger partial charge < -0.3 is 15.5 Å². The molecule has 1 heterocycles. The van der Waals surface area contributed by atoms with E-state index in [4.69, 9.17) is 0 Å². The Morgan fingerprint density at radius 1 is 1.45 bits per heavy atom. The van der Waals surface area contributed by atoms with E-state index in [0.717, 1.165) is 24.3 Å². The Hall–Kier alpha value is -1.39. The molecule has 4 heteroatoms. The fourth-order valence-corrected chi connectivity index (χ4v) is 2.76. The van der Waals surface area contributed by atoms with Crippen LogP contribution in [0.1, 0.15) is 18.4 Å². The first kappa shape index (κ1) is 15.0. The maximum atomic E-state index is 11.8. The fourth-order valence-electron chi connectivity index (χ4n) is 2.76. The van der Waals surface area contributed by atoms with Gasteiger partial charge in [-0.25, -0.2) is 0 Å². The van der Waals surface area contributed by atoms with Crippen LogP contribution in [0.15, 0.2) is 24.3 Å². The molecular formula is C16H25N3O. The predicted octanol–water partition coefficient (Wildman–Crippen LogP) is 1.86. The Kier molecular flexibility index (Phi) is 5.56. The molecule has 0 aromatic heterocycles. The van der Waals surface area contributed by atoms with E-state index < -0.39 is 0 Å². The van der Waals surface area contributed by atoms with Crippen molar-refractivity contribution >= 4 is 11.6 Å². The smallest absolute Gasteiger partial charge is 0.238 e. The summed E-state index contributed by atoms with van der Waals surface area (Å²) in [4.78, 5) is 14.2. The third kappa shape index (κ3) is 4.94. The van der Waals surface area contributed by atoms with E-state index in [1.165, 1.54) is 19.4 Å². The number of piperidine rings is 1. The van der Waals surface area contributed by atoms with Gasteiger partial charge in [0, 0.05) is 12.2 Å². The zero-order valence-electron chi connectivity index (χ0n) is 12.5. The Morgan fingerprint density at radius 2 is 2.30 bits per heavy atom. The molecule has 0 spiro atoms. The van der Waals surface area contributed by atoms with Gasteiger partial charge in [-0.15, -0.1) is 0 Å². The van der Waals surface area contributed by atoms with E-state index >= 15 is 0 Å². The van der Waals surface area contributed by atoms with Gasteiger partial charge >= 0.3 is 0 Å². The standard InChI is InChI=1S/C16H25N3O/c1-13-5-3-7-15(9-13)18-16(20)11-17-10-14-6-4-8-19(2)12-14/h3,5,7,9,14,17H,4,6,8,10-12H2,1-2H3,(H,18,20). The minimum absolute atomic E-state index is 0.0276. The van der Waals surface area contributed by atoms with Gasteiger partial charge in [-0.05, 0) is 63.5 Å². The number of carbonyl (C=O) groups excluding carboxylic acids is 1. The van der Waals surface area contributed by atoms with Crippen LogP contribution in [0, 0.1) is 12.8 Å². The summed E-state index contributed by atoms with van der Waals surface area (Å²) in [6.07, 6.45) is 2.52. The highest BCUT2D eigenvalue weighted by Crippen LogP contribution is 2.13. The molecular weight excluding hydrogens is 250 g/mol. The van der Waals surface area contributed by atoms with E-state index in [-0.39, 0.29) is 5.91 Å². The summed E-state index contributed by atoms with van der Waals surface area (Å²) in [5.41, 5.74) is 2.02. The molecule has 1 unspecified atom stereocenters. The summed E-state index contributed by atoms with van der Waals surface area (Å²) in [7, 11) is 2.16. The number of rotatable bonds is 5. The monoisotopic (exact) mass is 275 g/mol. The molecule has 0 radical (unpaired) electrons. The molecule has 1 amide bonds. The quantitative estimate of drug-likeness (QED) is 0.862. The van der Waals surface area contributed by atoms with Crippen LogP contribution in [0.25, 0.3) is 0 Å². The van der Waals surface area contributed by atoms with Crippen LogP contribution >= 0.6 is 0 Å². The number of nitrogens with one attached hydrogen (secondary N) is 2. The Labute approximate surface area is 121 Å². The molecule has 20 heavy (non-hydrogen) atoms. The highest BCUT2D eigenvalue weighted by atomic mass is 16.1. The first-order valence-electron chi connectivity index (χ1n) is 7.39. The van der Waals surface area contributed by atoms with Crippen molar-refractivity contribution < 1.29 is 4.79 Å². The van der Waals surface area contributed by atoms with Gasteiger partial charge in [0.05, 0.1) is 6.54 Å². The van der Waals surface area contributed by atoms with E-state index in [9.17, 15) is 4.79 Å². The maximum Gasteiger partial charge on any atom is 0.238 e. The third-order valence-corrected chi connectivity index (χ3v) is 3.74. The number of carbonyl (C=O) groups is 1. The molecule has 1 aromatic rings. The largest absolute Gasteiger partial charge is 0.325 e. The maximum absolute atomic E-state index is 11.8. The molecule has 1 aliphatic heterocycles. The van der Waals surface area contributed by atoms with Crippen LogP contribution < -0.4 is 10.6 Å². The first-order chi connectivity index (χ1) is 9.63. The lowest BCUT2D eigenvalue weighted by atomic mass is 9.98. The van der Waals surface area contributed by atoms with Crippen LogP contribution in [-0.4, -0.2) is 44.0 Å². The van der Waals surface area contributed by atoms with Gasteiger partial charge in [-0.1, -0.05) is 12.1 Å². The number of hydrogen-bond donors (Lipinski definition) is 2. The van der Waals surface area contributed by atoms with Gasteiger partial charge in [-0.2, -0.15) is 0 Å². The molecule has 1 aliphatic rings. The summed E-state index contributed by atoms with van der Waals surface area (Å²) in [6, 6.07) is 7.87. The average Bonchev–Trinajstić information content (AvgIpc) is 2.38. The van der Waals surface area contributed by atoms with Gasteiger partial charge in [0.2, 0.25) is 5.91 Å². The number of hydrogen-bond acceptors (Lipinski definition) is 3. The molecule has 110 valence electrons. The van der Waals surface area contributed by atoms with E-state index in [0.29, 0.717) is 12.5 Å². The number of amides is 1. The topological polar surface area (TPSA) is 44.4 Å². The third-order valence-electron chi connectivity index (χ3n) is 3.74. The normalized spacial score (nSPS) is 19.8. The summed E-state index contributed by atoms with van der Waals surface area (Å²) < 4.78 is 0. The summed E-state index contributed by atoms with van der Waals surface area (Å²) >= 11 is 0. The van der Waals surface area contributed by atoms with Crippen LogP contribution in [-0.2, 0) is 4.79 Å². The van der Waals surface area contributed by atoms with Crippen molar-refractivity contribution in [1.29, 1.82) is 0 Å². The van der Waals surface area contributed by atoms with E-state index in [1.807, 2.05) is 31.2 Å². The molecule has 0 bridgehead atoms. The van der Waals surface area contributed by atoms with Crippen molar-refractivity contribution in [2.24, 2.45) is 5.92 Å². The highest BCUT2D eigenvalue weighted by molar-refractivity contribution is 5.92. The van der Waals surface area contributed by atoms with Crippen LogP contribution in [0.3, 0.4) is 0 Å². The van der Waals surface area contributed by atoms with Gasteiger partial charge in [0.15, 0.2) is 0 Å². The Balaban J connectivity index is 1.67. The van der Waals surface area contributed by atoms with Gasteiger partial charge in [0.1, 0.15) is 0 Å². The number of nitrogens with zero attached hydrogens (tertiary/aromatic N) is 1. The lowest BCUT2D eigenvalue weighted by Crippen LogP contribution is -2.39. The number of aryl methyl sites for hydroxylation is 1. The molecule has 4 nitrogen and oxygen atoms in total. The second-order valence-electron chi connectivity index (χ2n) is 5.82. The average molecular weight is 275 g/mol. The van der Waals surface area contributed by atoms with E-state index in [1.54, 1.807) is 0 Å². The molecule has 1 atom stereocenters. The van der Waals surface area contributed by atoms with Crippen molar-refractivity contribution in [2.45, 2.75) is 19.8 Å². The molecule has 0 saturated carbocycles. The molecule has 2 rings (SSSR count). The number of anilines is 1. The van der Waals surface area contributed by atoms with Gasteiger partial charge in [0.25, 0.3) is 0 Å². The summed E-state index contributed by atoms with van der Waals surface area (Å²) in [5.74, 6) is 0.695. The van der Waals surface area contributed by atoms with Crippen molar-refractivity contribution in [1.82, 2.24) is 10.2 Å². The summed E-state index contributed by atoms with van der Waals surface area (Å²) in [6.45, 7) is 5.66. The Morgan fingerprint density at radius 3 is 3.05 bits per heavy atom. The minimum atomic E-state index is 0.0276. The van der Waals surface area contributed by atoms with Crippen molar-refractivity contribution in [2.75, 3.05) is 38.5 Å². The van der Waals surface area contributed by atoms with Crippen molar-refractivity contribution in [3.8, 4) is 0 Å². The molecule has 1 saturated heterocycles. The Bertz CT molecular complexity index is 447. The second-order valence-corrected chi connectivity index (χ2v) is 5.82. The molecule has 1 fully saturated rings. The lowest BCUT2D eigenvalue weighted by molar-refractivity contribution is -0.115. The van der Waals surface area contributed by atoms with Crippen molar-refractivity contribution in [3.05, 3.63) is 29.8 Å². The zero-order chi connectivity index (χ0) is 14.4. The second kappa shape index (κ2) is 7.41. The van der Waals surface area contributed by atoms with Crippen molar-refractivity contribution in [3.63, 3.8) is 0 Å². The van der Waals surface area contributed by atoms with E-state index in [2.05, 4.69) is 22.6 Å². The summed E-state index contributed by atoms with van der Waals surface area (Å²) in [5, 5.41) is 6.19. The SMILES string of the molecule is Cc1cccc(NC(=O)CNCC2CCCN(C)C2)c1. The fraction of sp³-hybridized carbons (Fsp3) is 0.562. The molecule has 0 aliphatic carbocycles. The highest BCUT2D eigenvalue weighted by Gasteiger charge is 2.16.